The fraction of sp³-hybridized carbons (Fsp3) is 1.00. The van der Waals surface area contributed by atoms with E-state index in [4.69, 9.17) is 5.32 Å². The Morgan fingerprint density at radius 2 is 1.79 bits per heavy atom. The molecule has 0 atom stereocenters. The Morgan fingerprint density at radius 1 is 1.14 bits per heavy atom. The van der Waals surface area contributed by atoms with Crippen LogP contribution in [-0.2, 0) is 21.1 Å². The van der Waals surface area contributed by atoms with Gasteiger partial charge in [0.1, 0.15) is 0 Å². The molecule has 84 valence electrons. The molecular formula is C12H24NW-. The summed E-state index contributed by atoms with van der Waals surface area (Å²) in [5, 5.41) is 4.76. The van der Waals surface area contributed by atoms with E-state index in [1.807, 2.05) is 0 Å². The molecule has 0 radical (unpaired) electrons. The predicted molar refractivity (Wildman–Crippen MR) is 59.2 cm³/mol. The van der Waals surface area contributed by atoms with Crippen molar-refractivity contribution < 1.29 is 21.1 Å². The van der Waals surface area contributed by atoms with Crippen LogP contribution in [0.1, 0.15) is 58.8 Å². The maximum absolute atomic E-state index is 4.76. The van der Waals surface area contributed by atoms with Crippen molar-refractivity contribution in [2.24, 2.45) is 5.92 Å². The minimum atomic E-state index is 0. The van der Waals surface area contributed by atoms with Crippen LogP contribution in [0, 0.1) is 5.92 Å². The standard InChI is InChI=1S/C12H24N.W/c1-11(2)7-6-10-13-12-8-4-3-5-9-12;/h11-12H,3-10H2,1-2H3;/q-1;. The second-order valence-corrected chi connectivity index (χ2v) is 4.73. The zero-order valence-electron chi connectivity index (χ0n) is 9.67. The van der Waals surface area contributed by atoms with Crippen molar-refractivity contribution in [2.45, 2.75) is 64.8 Å². The Bertz CT molecular complexity index is 119. The SMILES string of the molecule is CC(C)CCC[N-]C1CCCCC1.[W]. The van der Waals surface area contributed by atoms with Gasteiger partial charge in [-0.25, -0.2) is 0 Å². The van der Waals surface area contributed by atoms with Gasteiger partial charge in [-0.05, 0) is 5.92 Å². The molecule has 0 aromatic rings. The molecule has 2 heteroatoms. The van der Waals surface area contributed by atoms with E-state index in [1.54, 1.807) is 0 Å². The smallest absolute Gasteiger partial charge is 0 e. The largest absolute Gasteiger partial charge is 0.660 e. The second kappa shape index (κ2) is 8.92. The molecule has 0 aromatic heterocycles. The van der Waals surface area contributed by atoms with Gasteiger partial charge in [0.15, 0.2) is 0 Å². The van der Waals surface area contributed by atoms with E-state index >= 15 is 0 Å². The number of nitrogens with zero attached hydrogens (tertiary/aromatic N) is 1. The average molecular weight is 366 g/mol. The van der Waals surface area contributed by atoms with Gasteiger partial charge in [-0.15, -0.1) is 12.6 Å². The quantitative estimate of drug-likeness (QED) is 0.650. The van der Waals surface area contributed by atoms with E-state index in [0.29, 0.717) is 0 Å². The average Bonchev–Trinajstić information content (AvgIpc) is 2.14. The minimum Gasteiger partial charge on any atom is -0.660 e. The molecule has 0 saturated heterocycles. The minimum absolute atomic E-state index is 0. The third-order valence-electron chi connectivity index (χ3n) is 2.90. The summed E-state index contributed by atoms with van der Waals surface area (Å²) in [6, 6.07) is 0.723. The van der Waals surface area contributed by atoms with Crippen molar-refractivity contribution in [1.82, 2.24) is 0 Å². The third kappa shape index (κ3) is 7.01. The van der Waals surface area contributed by atoms with Crippen molar-refractivity contribution in [3.8, 4) is 0 Å². The van der Waals surface area contributed by atoms with Gasteiger partial charge in [0.2, 0.25) is 0 Å². The molecule has 1 saturated carbocycles. The Labute approximate surface area is 104 Å². The predicted octanol–water partition coefficient (Wildman–Crippen LogP) is 4.13. The van der Waals surface area contributed by atoms with E-state index in [9.17, 15) is 0 Å². The van der Waals surface area contributed by atoms with Gasteiger partial charge in [0.05, 0.1) is 0 Å². The zero-order valence-corrected chi connectivity index (χ0v) is 12.6. The van der Waals surface area contributed by atoms with Gasteiger partial charge >= 0.3 is 0 Å². The maximum Gasteiger partial charge on any atom is 0 e. The van der Waals surface area contributed by atoms with Crippen LogP contribution in [-0.4, -0.2) is 12.6 Å². The van der Waals surface area contributed by atoms with Crippen LogP contribution in [0.5, 0.6) is 0 Å². The molecule has 1 aliphatic rings. The molecule has 1 nitrogen and oxygen atoms in total. The van der Waals surface area contributed by atoms with Crippen LogP contribution in [0.4, 0.5) is 0 Å². The van der Waals surface area contributed by atoms with E-state index in [2.05, 4.69) is 13.8 Å². The molecule has 0 spiro atoms. The molecule has 0 unspecified atom stereocenters. The first-order chi connectivity index (χ1) is 6.29. The Balaban J connectivity index is 0.00000169. The Morgan fingerprint density at radius 3 is 2.36 bits per heavy atom. The normalized spacial score (nSPS) is 18.2. The molecule has 1 aliphatic carbocycles. The topological polar surface area (TPSA) is 14.1 Å². The Hall–Kier alpha value is 0.648. The summed E-state index contributed by atoms with van der Waals surface area (Å²) in [6.45, 7) is 5.70. The summed E-state index contributed by atoms with van der Waals surface area (Å²) >= 11 is 0. The van der Waals surface area contributed by atoms with Crippen LogP contribution >= 0.6 is 0 Å². The first kappa shape index (κ1) is 14.6. The van der Waals surface area contributed by atoms with Crippen molar-refractivity contribution in [3.63, 3.8) is 0 Å². The molecule has 0 heterocycles. The molecule has 14 heavy (non-hydrogen) atoms. The van der Waals surface area contributed by atoms with Gasteiger partial charge in [-0.2, -0.15) is 0 Å². The fourth-order valence-corrected chi connectivity index (χ4v) is 2.04. The van der Waals surface area contributed by atoms with Crippen molar-refractivity contribution in [2.75, 3.05) is 6.54 Å². The van der Waals surface area contributed by atoms with Crippen LogP contribution in [0.15, 0.2) is 0 Å². The van der Waals surface area contributed by atoms with Crippen LogP contribution in [0.2, 0.25) is 0 Å². The number of rotatable bonds is 5. The third-order valence-corrected chi connectivity index (χ3v) is 2.90. The van der Waals surface area contributed by atoms with Crippen LogP contribution in [0.25, 0.3) is 5.32 Å². The molecule has 0 N–H and O–H groups in total. The number of hydrogen-bond donors (Lipinski definition) is 0. The molecule has 0 amide bonds. The van der Waals surface area contributed by atoms with E-state index < -0.39 is 0 Å². The van der Waals surface area contributed by atoms with Crippen LogP contribution in [0.3, 0.4) is 0 Å². The monoisotopic (exact) mass is 366 g/mol. The van der Waals surface area contributed by atoms with Crippen molar-refractivity contribution in [3.05, 3.63) is 5.32 Å². The Kier molecular flexibility index (Phi) is 9.33. The number of hydrogen-bond acceptors (Lipinski definition) is 0. The summed E-state index contributed by atoms with van der Waals surface area (Å²) in [7, 11) is 0. The first-order valence-electron chi connectivity index (χ1n) is 5.95. The first-order valence-corrected chi connectivity index (χ1v) is 5.95. The summed E-state index contributed by atoms with van der Waals surface area (Å²) in [5.74, 6) is 0.849. The zero-order chi connectivity index (χ0) is 9.52. The van der Waals surface area contributed by atoms with Crippen molar-refractivity contribution in [1.29, 1.82) is 0 Å². The van der Waals surface area contributed by atoms with E-state index in [0.717, 1.165) is 18.5 Å². The van der Waals surface area contributed by atoms with E-state index in [-0.39, 0.29) is 21.1 Å². The summed E-state index contributed by atoms with van der Waals surface area (Å²) < 4.78 is 0. The molecule has 0 bridgehead atoms. The summed E-state index contributed by atoms with van der Waals surface area (Å²) in [4.78, 5) is 0. The van der Waals surface area contributed by atoms with Gasteiger partial charge in [0.25, 0.3) is 0 Å². The van der Waals surface area contributed by atoms with Crippen LogP contribution < -0.4 is 0 Å². The molecule has 1 rings (SSSR count). The molecule has 0 aliphatic heterocycles. The van der Waals surface area contributed by atoms with Gasteiger partial charge in [-0.1, -0.05) is 58.8 Å². The second-order valence-electron chi connectivity index (χ2n) is 4.73. The molecular weight excluding hydrogens is 342 g/mol. The van der Waals surface area contributed by atoms with Crippen molar-refractivity contribution >= 4 is 0 Å². The van der Waals surface area contributed by atoms with Gasteiger partial charge in [-0.3, -0.25) is 0 Å². The van der Waals surface area contributed by atoms with Gasteiger partial charge < -0.3 is 5.32 Å². The molecule has 1 fully saturated rings. The molecule has 0 aromatic carbocycles. The van der Waals surface area contributed by atoms with E-state index in [1.165, 1.54) is 44.9 Å². The summed E-state index contributed by atoms with van der Waals surface area (Å²) in [6.07, 6.45) is 9.64. The summed E-state index contributed by atoms with van der Waals surface area (Å²) in [5.41, 5.74) is 0. The van der Waals surface area contributed by atoms with Gasteiger partial charge in [0, 0.05) is 21.1 Å². The fourth-order valence-electron chi connectivity index (χ4n) is 2.04. The maximum atomic E-state index is 4.76.